The Bertz CT molecular complexity index is 2480. The van der Waals surface area contributed by atoms with Gasteiger partial charge in [0.15, 0.2) is 11.6 Å². The minimum atomic E-state index is 0.615. The van der Waals surface area contributed by atoms with Crippen LogP contribution in [0.2, 0.25) is 0 Å². The number of hydrogen-bond donors (Lipinski definition) is 0. The van der Waals surface area contributed by atoms with E-state index in [4.69, 9.17) is 15.0 Å². The molecule has 0 saturated heterocycles. The van der Waals surface area contributed by atoms with Crippen LogP contribution in [0.1, 0.15) is 24.2 Å². The molecule has 0 atom stereocenters. The molecule has 8 aromatic rings. The van der Waals surface area contributed by atoms with Crippen LogP contribution in [-0.4, -0.2) is 24.1 Å². The van der Waals surface area contributed by atoms with E-state index in [2.05, 4.69) is 131 Å². The summed E-state index contributed by atoms with van der Waals surface area (Å²) in [7, 11) is 0. The number of benzene rings is 5. The van der Waals surface area contributed by atoms with E-state index in [1.807, 2.05) is 18.2 Å². The van der Waals surface area contributed by atoms with Crippen LogP contribution in [0.4, 0.5) is 0 Å². The van der Waals surface area contributed by atoms with Crippen molar-refractivity contribution in [1.29, 1.82) is 0 Å². The van der Waals surface area contributed by atoms with E-state index in [1.54, 1.807) is 0 Å². The standard InChI is InChI=1S/C40H29N5/c1-26-21-22-35-31(23-26)33-24-32-30-19-11-12-20-34(30)44(29-17-9-4-10-18-29)36(32)25-37(33)45(35)40-42-38(27-13-5-2-6-14-27)41-39(43-40)28-15-7-3-8-16-28/h2,4-7,9-25H,3,8H2,1H3. The largest absolute Gasteiger partial charge is 0.309 e. The highest BCUT2D eigenvalue weighted by atomic mass is 15.2. The van der Waals surface area contributed by atoms with Crippen LogP contribution in [0.25, 0.3) is 72.2 Å². The van der Waals surface area contributed by atoms with Gasteiger partial charge in [0.1, 0.15) is 0 Å². The third-order valence-corrected chi connectivity index (χ3v) is 8.84. The molecule has 1 aliphatic rings. The van der Waals surface area contributed by atoms with Gasteiger partial charge in [-0.25, -0.2) is 4.98 Å². The minimum absolute atomic E-state index is 0.615. The Morgan fingerprint density at radius 2 is 1.22 bits per heavy atom. The molecule has 0 amide bonds. The number of para-hydroxylation sites is 2. The summed E-state index contributed by atoms with van der Waals surface area (Å²) >= 11 is 0. The molecule has 0 bridgehead atoms. The predicted molar refractivity (Wildman–Crippen MR) is 185 cm³/mol. The summed E-state index contributed by atoms with van der Waals surface area (Å²) in [6.45, 7) is 2.15. The van der Waals surface area contributed by atoms with Gasteiger partial charge in [-0.05, 0) is 62.2 Å². The zero-order chi connectivity index (χ0) is 29.9. The van der Waals surface area contributed by atoms with Crippen molar-refractivity contribution in [2.75, 3.05) is 0 Å². The monoisotopic (exact) mass is 579 g/mol. The second kappa shape index (κ2) is 10.1. The van der Waals surface area contributed by atoms with Gasteiger partial charge in [-0.1, -0.05) is 96.6 Å². The van der Waals surface area contributed by atoms with Crippen molar-refractivity contribution >= 4 is 49.2 Å². The quantitative estimate of drug-likeness (QED) is 0.209. The first-order valence-electron chi connectivity index (χ1n) is 15.5. The lowest BCUT2D eigenvalue weighted by Crippen LogP contribution is -2.08. The van der Waals surface area contributed by atoms with E-state index in [0.717, 1.165) is 46.2 Å². The van der Waals surface area contributed by atoms with Gasteiger partial charge in [-0.3, -0.25) is 4.57 Å². The van der Waals surface area contributed by atoms with Crippen molar-refractivity contribution in [2.45, 2.75) is 19.8 Å². The highest BCUT2D eigenvalue weighted by Crippen LogP contribution is 2.39. The Hall–Kier alpha value is -5.81. The summed E-state index contributed by atoms with van der Waals surface area (Å²) in [6, 6.07) is 40.8. The molecule has 0 N–H and O–H groups in total. The van der Waals surface area contributed by atoms with E-state index in [-0.39, 0.29) is 0 Å². The number of rotatable bonds is 4. The van der Waals surface area contributed by atoms with Crippen LogP contribution in [0.3, 0.4) is 0 Å². The molecule has 214 valence electrons. The summed E-state index contributed by atoms with van der Waals surface area (Å²) in [5.74, 6) is 1.97. The molecule has 5 aromatic carbocycles. The van der Waals surface area contributed by atoms with E-state index in [0.29, 0.717) is 17.6 Å². The molecule has 0 unspecified atom stereocenters. The van der Waals surface area contributed by atoms with Gasteiger partial charge in [0.25, 0.3) is 0 Å². The zero-order valence-electron chi connectivity index (χ0n) is 24.9. The maximum atomic E-state index is 5.17. The van der Waals surface area contributed by atoms with Crippen LogP contribution < -0.4 is 0 Å². The summed E-state index contributed by atoms with van der Waals surface area (Å²) in [4.78, 5) is 15.3. The maximum Gasteiger partial charge on any atom is 0.238 e. The fourth-order valence-corrected chi connectivity index (χ4v) is 6.76. The van der Waals surface area contributed by atoms with Gasteiger partial charge >= 0.3 is 0 Å². The van der Waals surface area contributed by atoms with E-state index in [9.17, 15) is 0 Å². The van der Waals surface area contributed by atoms with Crippen molar-refractivity contribution in [2.24, 2.45) is 0 Å². The van der Waals surface area contributed by atoms with Gasteiger partial charge in [0.2, 0.25) is 5.95 Å². The molecule has 3 aromatic heterocycles. The molecule has 5 heteroatoms. The number of nitrogens with zero attached hydrogens (tertiary/aromatic N) is 5. The maximum absolute atomic E-state index is 5.17. The summed E-state index contributed by atoms with van der Waals surface area (Å²) in [6.07, 6.45) is 8.57. The molecule has 5 nitrogen and oxygen atoms in total. The van der Waals surface area contributed by atoms with Crippen molar-refractivity contribution in [1.82, 2.24) is 24.1 Å². The number of allylic oxidation sites excluding steroid dienone is 4. The number of aryl methyl sites for hydroxylation is 1. The van der Waals surface area contributed by atoms with Crippen molar-refractivity contribution in [3.05, 3.63) is 145 Å². The molecule has 0 aliphatic heterocycles. The lowest BCUT2D eigenvalue weighted by Gasteiger charge is -2.12. The fraction of sp³-hybridized carbons (Fsp3) is 0.0750. The molecule has 0 saturated carbocycles. The van der Waals surface area contributed by atoms with Crippen LogP contribution in [-0.2, 0) is 0 Å². The Labute approximate surface area is 260 Å². The molecule has 0 fully saturated rings. The Balaban J connectivity index is 1.41. The van der Waals surface area contributed by atoms with Crippen molar-refractivity contribution in [3.8, 4) is 23.0 Å². The van der Waals surface area contributed by atoms with Crippen molar-refractivity contribution < 1.29 is 0 Å². The lowest BCUT2D eigenvalue weighted by atomic mass is 10.1. The second-order valence-corrected chi connectivity index (χ2v) is 11.7. The normalized spacial score (nSPS) is 13.3. The highest BCUT2D eigenvalue weighted by molar-refractivity contribution is 6.19. The molecule has 1 aliphatic carbocycles. The molecule has 0 spiro atoms. The third-order valence-electron chi connectivity index (χ3n) is 8.84. The minimum Gasteiger partial charge on any atom is -0.309 e. The Morgan fingerprint density at radius 3 is 2.04 bits per heavy atom. The van der Waals surface area contributed by atoms with Gasteiger partial charge in [0, 0.05) is 38.4 Å². The number of fused-ring (bicyclic) bond motifs is 6. The van der Waals surface area contributed by atoms with Crippen LogP contribution in [0.5, 0.6) is 0 Å². The average Bonchev–Trinajstić information content (AvgIpc) is 3.60. The molecule has 9 rings (SSSR count). The van der Waals surface area contributed by atoms with Gasteiger partial charge in [0.05, 0.1) is 22.1 Å². The second-order valence-electron chi connectivity index (χ2n) is 11.7. The fourth-order valence-electron chi connectivity index (χ4n) is 6.76. The summed E-state index contributed by atoms with van der Waals surface area (Å²) in [5, 5.41) is 4.82. The first-order valence-corrected chi connectivity index (χ1v) is 15.5. The van der Waals surface area contributed by atoms with Crippen LogP contribution >= 0.6 is 0 Å². The smallest absolute Gasteiger partial charge is 0.238 e. The van der Waals surface area contributed by atoms with E-state index >= 15 is 0 Å². The topological polar surface area (TPSA) is 48.5 Å². The predicted octanol–water partition coefficient (Wildman–Crippen LogP) is 9.77. The lowest BCUT2D eigenvalue weighted by molar-refractivity contribution is 0.927. The Morgan fingerprint density at radius 1 is 0.533 bits per heavy atom. The van der Waals surface area contributed by atoms with Crippen LogP contribution in [0, 0.1) is 6.92 Å². The Kier molecular flexibility index (Phi) is 5.78. The van der Waals surface area contributed by atoms with Gasteiger partial charge < -0.3 is 4.57 Å². The van der Waals surface area contributed by atoms with Gasteiger partial charge in [-0.15, -0.1) is 0 Å². The number of hydrogen-bond acceptors (Lipinski definition) is 3. The summed E-state index contributed by atoms with van der Waals surface area (Å²) in [5.41, 5.74) is 8.81. The number of aromatic nitrogens is 5. The zero-order valence-corrected chi connectivity index (χ0v) is 24.9. The van der Waals surface area contributed by atoms with Crippen LogP contribution in [0.15, 0.2) is 133 Å². The molecule has 45 heavy (non-hydrogen) atoms. The van der Waals surface area contributed by atoms with E-state index < -0.39 is 0 Å². The van der Waals surface area contributed by atoms with Gasteiger partial charge in [-0.2, -0.15) is 9.97 Å². The molecular weight excluding hydrogens is 550 g/mol. The van der Waals surface area contributed by atoms with E-state index in [1.165, 1.54) is 32.6 Å². The third kappa shape index (κ3) is 4.12. The first-order chi connectivity index (χ1) is 22.2. The first kappa shape index (κ1) is 25.7. The average molecular weight is 580 g/mol. The molecule has 3 heterocycles. The molecule has 0 radical (unpaired) electrons. The molecular formula is C40H29N5. The summed E-state index contributed by atoms with van der Waals surface area (Å²) < 4.78 is 4.59. The SMILES string of the molecule is Cc1ccc2c(c1)c1cc3c4ccccc4n(-c4ccccc4)c3cc1n2-c1nc(C2=CCCC=C2)nc(-c2ccccc2)n1. The highest BCUT2D eigenvalue weighted by Gasteiger charge is 2.21. The van der Waals surface area contributed by atoms with Crippen molar-refractivity contribution in [3.63, 3.8) is 0 Å².